The summed E-state index contributed by atoms with van der Waals surface area (Å²) in [6.45, 7) is 1.71. The lowest BCUT2D eigenvalue weighted by Crippen LogP contribution is -1.95. The van der Waals surface area contributed by atoms with E-state index < -0.39 is 5.97 Å². The van der Waals surface area contributed by atoms with E-state index in [1.807, 2.05) is 0 Å². The van der Waals surface area contributed by atoms with Gasteiger partial charge in [0.25, 0.3) is 0 Å². The molecule has 0 saturated carbocycles. The molecule has 0 spiro atoms. The van der Waals surface area contributed by atoms with Gasteiger partial charge in [-0.2, -0.15) is 5.10 Å². The number of aryl methyl sites for hydroxylation is 1. The highest BCUT2D eigenvalue weighted by molar-refractivity contribution is 6.33. The first-order chi connectivity index (χ1) is 10.5. The lowest BCUT2D eigenvalue weighted by molar-refractivity contribution is 0.0696. The first-order valence-electron chi connectivity index (χ1n) is 6.40. The van der Waals surface area contributed by atoms with Crippen molar-refractivity contribution in [1.82, 2.24) is 9.61 Å². The van der Waals surface area contributed by atoms with Crippen LogP contribution in [-0.2, 0) is 0 Å². The molecule has 3 rings (SSSR count). The van der Waals surface area contributed by atoms with Gasteiger partial charge in [-0.15, -0.1) is 0 Å². The van der Waals surface area contributed by atoms with Crippen LogP contribution in [0, 0.1) is 6.92 Å². The van der Waals surface area contributed by atoms with Gasteiger partial charge in [-0.3, -0.25) is 0 Å². The van der Waals surface area contributed by atoms with Gasteiger partial charge in [0.05, 0.1) is 22.5 Å². The average molecular weight is 318 g/mol. The Morgan fingerprint density at radius 3 is 2.86 bits per heavy atom. The van der Waals surface area contributed by atoms with Crippen molar-refractivity contribution in [2.45, 2.75) is 6.92 Å². The van der Waals surface area contributed by atoms with Gasteiger partial charge < -0.3 is 15.6 Å². The first kappa shape index (κ1) is 14.2. The van der Waals surface area contributed by atoms with Crippen molar-refractivity contribution in [1.29, 1.82) is 0 Å². The van der Waals surface area contributed by atoms with E-state index in [0.29, 0.717) is 33.3 Å². The quantitative estimate of drug-likeness (QED) is 0.723. The summed E-state index contributed by atoms with van der Waals surface area (Å²) in [5.41, 5.74) is 7.48. The number of ether oxygens (including phenoxy) is 1. The molecular weight excluding hydrogens is 306 g/mol. The fraction of sp³-hybridized carbons (Fsp3) is 0.0667. The first-order valence-corrected chi connectivity index (χ1v) is 6.78. The Balaban J connectivity index is 2.10. The maximum atomic E-state index is 11.2. The van der Waals surface area contributed by atoms with E-state index in [-0.39, 0.29) is 5.56 Å². The number of nitrogens with two attached hydrogens (primary N) is 1. The molecule has 0 unspecified atom stereocenters. The average Bonchev–Trinajstić information content (AvgIpc) is 2.81. The van der Waals surface area contributed by atoms with Crippen LogP contribution in [-0.4, -0.2) is 20.7 Å². The minimum Gasteiger partial charge on any atom is -0.478 e. The zero-order valence-electron chi connectivity index (χ0n) is 11.6. The molecule has 0 aliphatic heterocycles. The smallest absolute Gasteiger partial charge is 0.337 e. The summed E-state index contributed by atoms with van der Waals surface area (Å²) in [7, 11) is 0. The molecule has 7 heteroatoms. The highest BCUT2D eigenvalue weighted by Crippen LogP contribution is 2.32. The molecule has 0 aliphatic rings. The highest BCUT2D eigenvalue weighted by Gasteiger charge is 2.17. The fourth-order valence-corrected chi connectivity index (χ4v) is 2.39. The molecule has 6 nitrogen and oxygen atoms in total. The van der Waals surface area contributed by atoms with Crippen molar-refractivity contribution in [3.8, 4) is 11.5 Å². The Hall–Kier alpha value is -2.73. The zero-order valence-corrected chi connectivity index (χ0v) is 12.3. The molecule has 3 N–H and O–H groups in total. The third-order valence-corrected chi connectivity index (χ3v) is 3.65. The van der Waals surface area contributed by atoms with Crippen LogP contribution >= 0.6 is 11.6 Å². The normalized spacial score (nSPS) is 10.8. The number of benzene rings is 1. The number of nitrogens with zero attached hydrogens (tertiary/aromatic N) is 2. The molecule has 112 valence electrons. The molecule has 2 aromatic heterocycles. The Morgan fingerprint density at radius 2 is 2.18 bits per heavy atom. The lowest BCUT2D eigenvalue weighted by atomic mass is 10.2. The van der Waals surface area contributed by atoms with Gasteiger partial charge in [0.2, 0.25) is 0 Å². The topological polar surface area (TPSA) is 89.8 Å². The van der Waals surface area contributed by atoms with Crippen LogP contribution in [0.2, 0.25) is 5.02 Å². The van der Waals surface area contributed by atoms with Crippen LogP contribution in [0.5, 0.6) is 11.5 Å². The number of aromatic carboxylic acids is 1. The Kier molecular flexibility index (Phi) is 3.38. The molecule has 3 aromatic rings. The SMILES string of the molecule is Cc1c(C(=O)O)cn2nccc(Oc3ccc(N)c(Cl)c3)c12. The molecule has 0 radical (unpaired) electrons. The van der Waals surface area contributed by atoms with Crippen molar-refractivity contribution < 1.29 is 14.6 Å². The molecule has 0 aliphatic carbocycles. The number of hydrogen-bond donors (Lipinski definition) is 2. The summed E-state index contributed by atoms with van der Waals surface area (Å²) in [4.78, 5) is 11.2. The molecule has 22 heavy (non-hydrogen) atoms. The van der Waals surface area contributed by atoms with E-state index in [1.165, 1.54) is 16.9 Å². The van der Waals surface area contributed by atoms with E-state index in [0.717, 1.165) is 0 Å². The molecule has 0 fully saturated rings. The van der Waals surface area contributed by atoms with Crippen molar-refractivity contribution >= 4 is 28.8 Å². The van der Waals surface area contributed by atoms with Gasteiger partial charge >= 0.3 is 5.97 Å². The minimum atomic E-state index is -1.01. The summed E-state index contributed by atoms with van der Waals surface area (Å²) >= 11 is 5.97. The number of fused-ring (bicyclic) bond motifs is 1. The number of anilines is 1. The second kappa shape index (κ2) is 5.23. The van der Waals surface area contributed by atoms with Gasteiger partial charge in [0, 0.05) is 18.3 Å². The van der Waals surface area contributed by atoms with Gasteiger partial charge in [-0.05, 0) is 24.6 Å². The third-order valence-electron chi connectivity index (χ3n) is 3.32. The monoisotopic (exact) mass is 317 g/mol. The molecule has 0 saturated heterocycles. The molecule has 2 heterocycles. The van der Waals surface area contributed by atoms with E-state index in [2.05, 4.69) is 5.10 Å². The number of aromatic nitrogens is 2. The number of hydrogen-bond acceptors (Lipinski definition) is 4. The lowest BCUT2D eigenvalue weighted by Gasteiger charge is -2.09. The van der Waals surface area contributed by atoms with Crippen LogP contribution in [0.3, 0.4) is 0 Å². The van der Waals surface area contributed by atoms with Crippen molar-refractivity contribution in [3.05, 3.63) is 52.8 Å². The Bertz CT molecular complexity index is 889. The van der Waals surface area contributed by atoms with Crippen LogP contribution in [0.25, 0.3) is 5.52 Å². The Morgan fingerprint density at radius 1 is 1.41 bits per heavy atom. The maximum Gasteiger partial charge on any atom is 0.337 e. The van der Waals surface area contributed by atoms with Gasteiger partial charge in [-0.25, -0.2) is 9.31 Å². The van der Waals surface area contributed by atoms with Crippen LogP contribution < -0.4 is 10.5 Å². The van der Waals surface area contributed by atoms with E-state index in [9.17, 15) is 9.90 Å². The minimum absolute atomic E-state index is 0.180. The summed E-state index contributed by atoms with van der Waals surface area (Å²) in [5, 5.41) is 13.7. The zero-order chi connectivity index (χ0) is 15.9. The molecule has 1 aromatic carbocycles. The third kappa shape index (κ3) is 2.33. The standard InChI is InChI=1S/C15H12ClN3O3/c1-8-10(15(20)21)7-19-14(8)13(4-5-18-19)22-9-2-3-12(17)11(16)6-9/h2-7H,17H2,1H3,(H,20,21). The number of carbonyl (C=O) groups is 1. The summed E-state index contributed by atoms with van der Waals surface area (Å²) in [6, 6.07) is 6.60. The van der Waals surface area contributed by atoms with E-state index in [1.54, 1.807) is 31.2 Å². The Labute approximate surface area is 130 Å². The van der Waals surface area contributed by atoms with Crippen molar-refractivity contribution in [2.24, 2.45) is 0 Å². The largest absolute Gasteiger partial charge is 0.478 e. The summed E-state index contributed by atoms with van der Waals surface area (Å²) < 4.78 is 7.29. The van der Waals surface area contributed by atoms with Crippen molar-refractivity contribution in [3.63, 3.8) is 0 Å². The van der Waals surface area contributed by atoms with Crippen LogP contribution in [0.1, 0.15) is 15.9 Å². The predicted molar refractivity (Wildman–Crippen MR) is 82.8 cm³/mol. The second-order valence-corrected chi connectivity index (χ2v) is 5.15. The fourth-order valence-electron chi connectivity index (χ4n) is 2.22. The summed E-state index contributed by atoms with van der Waals surface area (Å²) in [5.74, 6) is -0.0184. The molecular formula is C15H12ClN3O3. The van der Waals surface area contributed by atoms with Gasteiger partial charge in [0.15, 0.2) is 5.75 Å². The predicted octanol–water partition coefficient (Wildman–Crippen LogP) is 3.37. The van der Waals surface area contributed by atoms with E-state index in [4.69, 9.17) is 22.1 Å². The summed E-state index contributed by atoms with van der Waals surface area (Å²) in [6.07, 6.45) is 2.99. The highest BCUT2D eigenvalue weighted by atomic mass is 35.5. The number of halogens is 1. The van der Waals surface area contributed by atoms with E-state index >= 15 is 0 Å². The molecule has 0 bridgehead atoms. The number of nitrogen functional groups attached to an aromatic ring is 1. The van der Waals surface area contributed by atoms with Gasteiger partial charge in [-0.1, -0.05) is 11.6 Å². The molecule has 0 atom stereocenters. The number of carboxylic acids is 1. The number of carboxylic acid groups (broad SMARTS) is 1. The van der Waals surface area contributed by atoms with Crippen LogP contribution in [0.15, 0.2) is 36.7 Å². The molecule has 0 amide bonds. The van der Waals surface area contributed by atoms with Gasteiger partial charge in [0.1, 0.15) is 11.3 Å². The van der Waals surface area contributed by atoms with Crippen LogP contribution in [0.4, 0.5) is 5.69 Å². The van der Waals surface area contributed by atoms with Crippen molar-refractivity contribution in [2.75, 3.05) is 5.73 Å². The number of rotatable bonds is 3. The second-order valence-electron chi connectivity index (χ2n) is 4.75. The maximum absolute atomic E-state index is 11.2.